The first kappa shape index (κ1) is 14.8. The van der Waals surface area contributed by atoms with Gasteiger partial charge in [0.05, 0.1) is 6.54 Å². The molecule has 118 valence electrons. The number of thiazole rings is 1. The molecule has 3 nitrogen and oxygen atoms in total. The van der Waals surface area contributed by atoms with Gasteiger partial charge >= 0.3 is 0 Å². The van der Waals surface area contributed by atoms with E-state index in [2.05, 4.69) is 37.7 Å². The number of thiophene rings is 1. The second kappa shape index (κ2) is 6.40. The van der Waals surface area contributed by atoms with E-state index in [1.54, 1.807) is 11.3 Å². The van der Waals surface area contributed by atoms with Gasteiger partial charge in [0.15, 0.2) is 0 Å². The molecule has 2 saturated heterocycles. The van der Waals surface area contributed by atoms with Crippen LogP contribution in [-0.4, -0.2) is 41.0 Å². The minimum Gasteiger partial charge on any atom is -0.298 e. The number of hydrogen-bond acceptors (Lipinski definition) is 5. The normalized spacial score (nSPS) is 22.5. The molecule has 2 aromatic rings. The molecule has 2 aromatic heterocycles. The number of nitrogens with zero attached hydrogens (tertiary/aromatic N) is 3. The van der Waals surface area contributed by atoms with Crippen molar-refractivity contribution in [2.75, 3.05) is 26.2 Å². The van der Waals surface area contributed by atoms with E-state index in [4.69, 9.17) is 0 Å². The van der Waals surface area contributed by atoms with Crippen LogP contribution in [-0.2, 0) is 13.1 Å². The van der Waals surface area contributed by atoms with Crippen molar-refractivity contribution in [2.45, 2.75) is 32.4 Å². The van der Waals surface area contributed by atoms with E-state index in [1.807, 2.05) is 17.5 Å². The third kappa shape index (κ3) is 3.27. The number of piperidine rings is 1. The van der Waals surface area contributed by atoms with Gasteiger partial charge in [-0.3, -0.25) is 9.80 Å². The molecule has 0 bridgehead atoms. The van der Waals surface area contributed by atoms with Gasteiger partial charge in [0.2, 0.25) is 0 Å². The molecule has 0 atom stereocenters. The minimum atomic E-state index is 0.594. The zero-order valence-corrected chi connectivity index (χ0v) is 14.5. The summed E-state index contributed by atoms with van der Waals surface area (Å²) in [6.45, 7) is 7.27. The van der Waals surface area contributed by atoms with E-state index in [1.165, 1.54) is 55.3 Å². The van der Waals surface area contributed by atoms with Gasteiger partial charge < -0.3 is 0 Å². The Balaban J connectivity index is 1.29. The van der Waals surface area contributed by atoms with Crippen LogP contribution in [0.5, 0.6) is 0 Å². The average Bonchev–Trinajstić information content (AvgIpc) is 3.26. The van der Waals surface area contributed by atoms with Crippen molar-refractivity contribution < 1.29 is 0 Å². The fraction of sp³-hybridized carbons (Fsp3) is 0.588. The van der Waals surface area contributed by atoms with Crippen molar-refractivity contribution >= 4 is 22.7 Å². The molecule has 4 heterocycles. The third-order valence-corrected chi connectivity index (χ3v) is 6.86. The van der Waals surface area contributed by atoms with Crippen molar-refractivity contribution in [3.63, 3.8) is 0 Å². The van der Waals surface area contributed by atoms with Gasteiger partial charge in [0.1, 0.15) is 5.01 Å². The van der Waals surface area contributed by atoms with E-state index in [0.29, 0.717) is 5.41 Å². The summed E-state index contributed by atoms with van der Waals surface area (Å²) in [5.74, 6) is 0. The van der Waals surface area contributed by atoms with Crippen LogP contribution in [0.4, 0.5) is 0 Å². The monoisotopic (exact) mass is 333 g/mol. The van der Waals surface area contributed by atoms with Crippen molar-refractivity contribution in [3.8, 4) is 0 Å². The van der Waals surface area contributed by atoms with E-state index >= 15 is 0 Å². The van der Waals surface area contributed by atoms with Crippen LogP contribution in [0.1, 0.15) is 29.1 Å². The van der Waals surface area contributed by atoms with Crippen LogP contribution >= 0.6 is 22.7 Å². The quantitative estimate of drug-likeness (QED) is 0.850. The zero-order valence-electron chi connectivity index (χ0n) is 12.9. The van der Waals surface area contributed by atoms with E-state index in [-0.39, 0.29) is 0 Å². The summed E-state index contributed by atoms with van der Waals surface area (Å²) in [7, 11) is 0. The highest BCUT2D eigenvalue weighted by Crippen LogP contribution is 2.41. The third-order valence-electron chi connectivity index (χ3n) is 5.24. The van der Waals surface area contributed by atoms with E-state index in [9.17, 15) is 0 Å². The molecule has 0 unspecified atom stereocenters. The van der Waals surface area contributed by atoms with Crippen molar-refractivity contribution in [1.82, 2.24) is 14.8 Å². The first-order valence-electron chi connectivity index (χ1n) is 8.17. The van der Waals surface area contributed by atoms with Gasteiger partial charge in [-0.2, -0.15) is 0 Å². The number of rotatable bonds is 4. The molecule has 0 N–H and O–H groups in total. The molecule has 0 saturated carbocycles. The fourth-order valence-electron chi connectivity index (χ4n) is 3.90. The molecular weight excluding hydrogens is 310 g/mol. The first-order valence-corrected chi connectivity index (χ1v) is 9.93. The van der Waals surface area contributed by atoms with Crippen LogP contribution in [0.2, 0.25) is 0 Å². The summed E-state index contributed by atoms with van der Waals surface area (Å²) in [5.41, 5.74) is 0.594. The topological polar surface area (TPSA) is 19.4 Å². The smallest absolute Gasteiger partial charge is 0.107 e. The van der Waals surface area contributed by atoms with E-state index < -0.39 is 0 Å². The van der Waals surface area contributed by atoms with Gasteiger partial charge in [-0.25, -0.2) is 4.98 Å². The zero-order chi connectivity index (χ0) is 14.8. The summed E-state index contributed by atoms with van der Waals surface area (Å²) < 4.78 is 0. The Bertz CT molecular complexity index is 571. The van der Waals surface area contributed by atoms with Gasteiger partial charge in [0.25, 0.3) is 0 Å². The summed E-state index contributed by atoms with van der Waals surface area (Å²) in [5, 5.41) is 5.54. The SMILES string of the molecule is c1csc(CN2CCC3(CCN(Cc4nccs4)CC3)C2)c1. The fourth-order valence-corrected chi connectivity index (χ4v) is 5.31. The Morgan fingerprint density at radius 2 is 1.82 bits per heavy atom. The summed E-state index contributed by atoms with van der Waals surface area (Å²) in [6.07, 6.45) is 6.03. The molecule has 1 spiro atoms. The summed E-state index contributed by atoms with van der Waals surface area (Å²) >= 11 is 3.67. The second-order valence-corrected chi connectivity index (χ2v) is 8.75. The van der Waals surface area contributed by atoms with Crippen molar-refractivity contribution in [3.05, 3.63) is 39.0 Å². The molecule has 4 rings (SSSR count). The van der Waals surface area contributed by atoms with Gasteiger partial charge in [-0.15, -0.1) is 22.7 Å². The van der Waals surface area contributed by atoms with Crippen LogP contribution in [0.25, 0.3) is 0 Å². The van der Waals surface area contributed by atoms with Gasteiger partial charge in [-0.05, 0) is 55.8 Å². The van der Waals surface area contributed by atoms with Crippen molar-refractivity contribution in [2.24, 2.45) is 5.41 Å². The maximum Gasteiger partial charge on any atom is 0.107 e. The second-order valence-electron chi connectivity index (χ2n) is 6.74. The maximum absolute atomic E-state index is 4.42. The Labute approximate surface area is 140 Å². The van der Waals surface area contributed by atoms with Crippen LogP contribution in [0.3, 0.4) is 0 Å². The Morgan fingerprint density at radius 1 is 1.00 bits per heavy atom. The predicted molar refractivity (Wildman–Crippen MR) is 93.3 cm³/mol. The van der Waals surface area contributed by atoms with Crippen LogP contribution in [0.15, 0.2) is 29.1 Å². The summed E-state index contributed by atoms with van der Waals surface area (Å²) in [6, 6.07) is 4.44. The Morgan fingerprint density at radius 3 is 2.50 bits per heavy atom. The largest absolute Gasteiger partial charge is 0.298 e. The first-order chi connectivity index (χ1) is 10.8. The summed E-state index contributed by atoms with van der Waals surface area (Å²) in [4.78, 5) is 11.2. The number of hydrogen-bond donors (Lipinski definition) is 0. The number of likely N-dealkylation sites (tertiary alicyclic amines) is 2. The molecule has 2 fully saturated rings. The lowest BCUT2D eigenvalue weighted by molar-refractivity contribution is 0.102. The molecular formula is C17H23N3S2. The molecule has 0 radical (unpaired) electrons. The lowest BCUT2D eigenvalue weighted by Gasteiger charge is -2.39. The molecule has 0 aliphatic carbocycles. The highest BCUT2D eigenvalue weighted by Gasteiger charge is 2.40. The Kier molecular flexibility index (Phi) is 4.31. The standard InChI is InChI=1S/C17H23N3S2/c1-2-15(21-10-1)12-20-9-5-17(14-20)3-7-19(8-4-17)13-16-18-6-11-22-16/h1-2,6,10-11H,3-5,7-9,12-14H2. The van der Waals surface area contributed by atoms with Gasteiger partial charge in [0, 0.05) is 29.5 Å². The van der Waals surface area contributed by atoms with E-state index in [0.717, 1.165) is 13.1 Å². The minimum absolute atomic E-state index is 0.594. The average molecular weight is 334 g/mol. The molecule has 0 aromatic carbocycles. The maximum atomic E-state index is 4.42. The lowest BCUT2D eigenvalue weighted by Crippen LogP contribution is -2.41. The van der Waals surface area contributed by atoms with Crippen LogP contribution in [0, 0.1) is 5.41 Å². The molecule has 0 amide bonds. The lowest BCUT2D eigenvalue weighted by atomic mass is 9.78. The Hall–Kier alpha value is -0.750. The molecule has 5 heteroatoms. The van der Waals surface area contributed by atoms with Gasteiger partial charge in [-0.1, -0.05) is 6.07 Å². The highest BCUT2D eigenvalue weighted by atomic mass is 32.1. The van der Waals surface area contributed by atoms with Crippen molar-refractivity contribution in [1.29, 1.82) is 0 Å². The molecule has 2 aliphatic heterocycles. The highest BCUT2D eigenvalue weighted by molar-refractivity contribution is 7.10. The number of aromatic nitrogens is 1. The predicted octanol–water partition coefficient (Wildman–Crippen LogP) is 3.69. The molecule has 2 aliphatic rings. The molecule has 22 heavy (non-hydrogen) atoms. The van der Waals surface area contributed by atoms with Crippen LogP contribution < -0.4 is 0 Å².